The highest BCUT2D eigenvalue weighted by Gasteiger charge is 2.30. The first kappa shape index (κ1) is 17.4. The minimum absolute atomic E-state index is 0.00965. The van der Waals surface area contributed by atoms with Gasteiger partial charge in [-0.15, -0.1) is 0 Å². The zero-order valence-electron chi connectivity index (χ0n) is 11.3. The maximum Gasteiger partial charge on any atom is 0.327 e. The summed E-state index contributed by atoms with van der Waals surface area (Å²) in [5.41, 5.74) is 5.30. The van der Waals surface area contributed by atoms with Crippen molar-refractivity contribution in [2.75, 3.05) is 11.5 Å². The minimum Gasteiger partial charge on any atom is -0.480 e. The smallest absolute Gasteiger partial charge is 0.327 e. The number of Topliss-reactive ketones (excluding diaryl/α,β-unsaturated/α-hetero) is 1. The predicted molar refractivity (Wildman–Crippen MR) is 74.9 cm³/mol. The molecule has 1 aliphatic rings. The largest absolute Gasteiger partial charge is 0.480 e. The second kappa shape index (κ2) is 7.99. The highest BCUT2D eigenvalue weighted by molar-refractivity contribution is 7.99. The Balaban J connectivity index is 2.46. The second-order valence-corrected chi connectivity index (χ2v) is 5.93. The molecular weight excluding hydrogens is 300 g/mol. The molecule has 0 aromatic rings. The van der Waals surface area contributed by atoms with Gasteiger partial charge in [-0.1, -0.05) is 0 Å². The Kier molecular flexibility index (Phi) is 6.63. The maximum absolute atomic E-state index is 11.9. The van der Waals surface area contributed by atoms with Gasteiger partial charge in [-0.2, -0.15) is 11.8 Å². The third-order valence-electron chi connectivity index (χ3n) is 3.11. The Hall–Kier alpha value is -1.61. The van der Waals surface area contributed by atoms with Crippen LogP contribution in [0.15, 0.2) is 0 Å². The Morgan fingerprint density at radius 2 is 2.00 bits per heavy atom. The summed E-state index contributed by atoms with van der Waals surface area (Å²) in [7, 11) is 0. The molecule has 0 aliphatic carbocycles. The van der Waals surface area contributed by atoms with Crippen LogP contribution in [0.25, 0.3) is 0 Å². The summed E-state index contributed by atoms with van der Waals surface area (Å²) in [5, 5.41) is 19.9. The molecule has 1 rings (SSSR count). The molecule has 0 aromatic heterocycles. The quantitative estimate of drug-likeness (QED) is 0.471. The van der Waals surface area contributed by atoms with E-state index in [1.54, 1.807) is 0 Å². The van der Waals surface area contributed by atoms with Crippen LogP contribution in [0.1, 0.15) is 19.3 Å². The van der Waals surface area contributed by atoms with Gasteiger partial charge in [-0.05, 0) is 6.42 Å². The molecule has 5 N–H and O–H groups in total. The number of carbonyl (C=O) groups excluding carboxylic acids is 2. The van der Waals surface area contributed by atoms with E-state index in [2.05, 4.69) is 5.32 Å². The van der Waals surface area contributed by atoms with Gasteiger partial charge in [-0.3, -0.25) is 14.4 Å². The third kappa shape index (κ3) is 5.72. The van der Waals surface area contributed by atoms with Crippen molar-refractivity contribution < 1.29 is 29.4 Å². The van der Waals surface area contributed by atoms with Crippen molar-refractivity contribution in [1.82, 2.24) is 5.32 Å². The lowest BCUT2D eigenvalue weighted by Crippen LogP contribution is -2.43. The normalized spacial score (nSPS) is 23.8. The third-order valence-corrected chi connectivity index (χ3v) is 4.32. The average molecular weight is 318 g/mol. The molecule has 21 heavy (non-hydrogen) atoms. The number of rotatable bonds is 7. The average Bonchev–Trinajstić information content (AvgIpc) is 2.58. The van der Waals surface area contributed by atoms with Gasteiger partial charge in [0, 0.05) is 24.3 Å². The number of carboxylic acids is 2. The number of nitrogens with two attached hydrogens (primary N) is 1. The van der Waals surface area contributed by atoms with Crippen LogP contribution in [0.3, 0.4) is 0 Å². The lowest BCUT2D eigenvalue weighted by molar-refractivity contribution is -0.141. The van der Waals surface area contributed by atoms with Gasteiger partial charge in [0.25, 0.3) is 0 Å². The highest BCUT2D eigenvalue weighted by Crippen LogP contribution is 2.19. The summed E-state index contributed by atoms with van der Waals surface area (Å²) in [6, 6.07) is -2.04. The van der Waals surface area contributed by atoms with Crippen LogP contribution < -0.4 is 11.1 Å². The summed E-state index contributed by atoms with van der Waals surface area (Å²) in [6.45, 7) is 0. The standard InChI is InChI=1S/C12H18N2O6S/c13-8(11(17)18)2-1-7(15)3-6-4-21-5-9(12(19)20)14-10(6)16/h6,8-9H,1-5,13H2,(H,14,16)(H,17,18)(H,19,20)/t6-,8-,9-/m0/s1. The summed E-state index contributed by atoms with van der Waals surface area (Å²) < 4.78 is 0. The molecule has 9 heteroatoms. The van der Waals surface area contributed by atoms with Gasteiger partial charge in [0.2, 0.25) is 5.91 Å². The number of thioether (sulfide) groups is 1. The van der Waals surface area contributed by atoms with E-state index in [0.29, 0.717) is 5.75 Å². The SMILES string of the molecule is N[C@@H](CCC(=O)C[C@H]1CSC[C@@H](C(=O)O)NC1=O)C(=O)O. The van der Waals surface area contributed by atoms with Crippen LogP contribution in [0.5, 0.6) is 0 Å². The van der Waals surface area contributed by atoms with E-state index in [-0.39, 0.29) is 30.8 Å². The summed E-state index contributed by atoms with van der Waals surface area (Å²) >= 11 is 1.30. The van der Waals surface area contributed by atoms with Gasteiger partial charge in [-0.25, -0.2) is 4.79 Å². The first-order valence-electron chi connectivity index (χ1n) is 6.42. The molecule has 1 saturated heterocycles. The Morgan fingerprint density at radius 3 is 2.57 bits per heavy atom. The van der Waals surface area contributed by atoms with Crippen LogP contribution in [-0.2, 0) is 19.2 Å². The maximum atomic E-state index is 11.9. The minimum atomic E-state index is -1.17. The van der Waals surface area contributed by atoms with E-state index in [9.17, 15) is 19.2 Å². The topological polar surface area (TPSA) is 147 Å². The number of nitrogens with one attached hydrogen (secondary N) is 1. The van der Waals surface area contributed by atoms with E-state index < -0.39 is 35.8 Å². The van der Waals surface area contributed by atoms with Crippen molar-refractivity contribution in [2.24, 2.45) is 11.7 Å². The van der Waals surface area contributed by atoms with Gasteiger partial charge in [0.05, 0.1) is 5.92 Å². The number of hydrogen-bond donors (Lipinski definition) is 4. The zero-order valence-corrected chi connectivity index (χ0v) is 12.1. The molecule has 1 amide bonds. The molecule has 1 fully saturated rings. The van der Waals surface area contributed by atoms with E-state index in [1.807, 2.05) is 0 Å². The molecule has 0 spiro atoms. The lowest BCUT2D eigenvalue weighted by Gasteiger charge is -2.13. The van der Waals surface area contributed by atoms with Gasteiger partial charge in [0.15, 0.2) is 0 Å². The molecular formula is C12H18N2O6S. The fourth-order valence-electron chi connectivity index (χ4n) is 1.84. The Morgan fingerprint density at radius 1 is 1.33 bits per heavy atom. The molecule has 0 radical (unpaired) electrons. The van der Waals surface area contributed by atoms with Crippen LogP contribution >= 0.6 is 11.8 Å². The van der Waals surface area contributed by atoms with Crippen molar-refractivity contribution in [3.8, 4) is 0 Å². The van der Waals surface area contributed by atoms with Crippen molar-refractivity contribution in [2.45, 2.75) is 31.3 Å². The summed E-state index contributed by atoms with van der Waals surface area (Å²) in [5.74, 6) is -2.94. The van der Waals surface area contributed by atoms with Crippen molar-refractivity contribution in [3.63, 3.8) is 0 Å². The number of carbonyl (C=O) groups is 4. The Bertz CT molecular complexity index is 441. The Labute approximate surface area is 125 Å². The number of hydrogen-bond acceptors (Lipinski definition) is 6. The van der Waals surface area contributed by atoms with Crippen LogP contribution in [0, 0.1) is 5.92 Å². The van der Waals surface area contributed by atoms with Gasteiger partial charge < -0.3 is 21.3 Å². The first-order valence-corrected chi connectivity index (χ1v) is 7.57. The zero-order chi connectivity index (χ0) is 16.0. The molecule has 0 aromatic carbocycles. The molecule has 8 nitrogen and oxygen atoms in total. The number of ketones is 1. The van der Waals surface area contributed by atoms with Gasteiger partial charge in [0.1, 0.15) is 17.9 Å². The van der Waals surface area contributed by atoms with Crippen molar-refractivity contribution in [3.05, 3.63) is 0 Å². The fourth-order valence-corrected chi connectivity index (χ4v) is 2.99. The van der Waals surface area contributed by atoms with Crippen molar-refractivity contribution in [1.29, 1.82) is 0 Å². The molecule has 0 bridgehead atoms. The monoisotopic (exact) mass is 318 g/mol. The molecule has 118 valence electrons. The summed E-state index contributed by atoms with van der Waals surface area (Å²) in [4.78, 5) is 45.0. The number of aliphatic carboxylic acids is 2. The first-order chi connectivity index (χ1) is 9.81. The van der Waals surface area contributed by atoms with E-state index in [1.165, 1.54) is 11.8 Å². The summed E-state index contributed by atoms with van der Waals surface area (Å²) in [6.07, 6.45) is -0.0187. The molecule has 0 saturated carbocycles. The number of amides is 1. The molecule has 1 heterocycles. The number of carboxylic acid groups (broad SMARTS) is 2. The van der Waals surface area contributed by atoms with Gasteiger partial charge >= 0.3 is 11.9 Å². The predicted octanol–water partition coefficient (Wildman–Crippen LogP) is -0.930. The van der Waals surface area contributed by atoms with Crippen LogP contribution in [-0.4, -0.2) is 57.4 Å². The second-order valence-electron chi connectivity index (χ2n) is 4.86. The highest BCUT2D eigenvalue weighted by atomic mass is 32.2. The lowest BCUT2D eigenvalue weighted by atomic mass is 9.99. The molecule has 1 aliphatic heterocycles. The van der Waals surface area contributed by atoms with E-state index >= 15 is 0 Å². The fraction of sp³-hybridized carbons (Fsp3) is 0.667. The molecule has 0 unspecified atom stereocenters. The van der Waals surface area contributed by atoms with Crippen LogP contribution in [0.2, 0.25) is 0 Å². The van der Waals surface area contributed by atoms with Crippen LogP contribution in [0.4, 0.5) is 0 Å². The van der Waals surface area contributed by atoms with E-state index in [4.69, 9.17) is 15.9 Å². The van der Waals surface area contributed by atoms with Crippen molar-refractivity contribution >= 4 is 35.4 Å². The molecule has 3 atom stereocenters. The van der Waals surface area contributed by atoms with E-state index in [0.717, 1.165) is 0 Å².